The first kappa shape index (κ1) is 16.8. The number of benzene rings is 1. The van der Waals surface area contributed by atoms with Gasteiger partial charge in [0.1, 0.15) is 22.9 Å². The summed E-state index contributed by atoms with van der Waals surface area (Å²) in [5.74, 6) is 2.48. The summed E-state index contributed by atoms with van der Waals surface area (Å²) in [6, 6.07) is 11.7. The number of carbonyl (C=O) groups excluding carboxylic acids is 1. The maximum absolute atomic E-state index is 12.5. The number of carbonyl (C=O) groups is 1. The third-order valence-corrected chi connectivity index (χ3v) is 5.23. The molecule has 2 aliphatic rings. The summed E-state index contributed by atoms with van der Waals surface area (Å²) in [5, 5.41) is 6.66. The van der Waals surface area contributed by atoms with E-state index in [1.54, 1.807) is 25.4 Å². The van der Waals surface area contributed by atoms with Crippen molar-refractivity contribution in [3.63, 3.8) is 0 Å². The Morgan fingerprint density at radius 2 is 1.88 bits per heavy atom. The van der Waals surface area contributed by atoms with Crippen LogP contribution in [-0.2, 0) is 0 Å². The first-order chi connectivity index (χ1) is 12.7. The molecule has 1 aromatic heterocycles. The summed E-state index contributed by atoms with van der Waals surface area (Å²) >= 11 is 0. The predicted octanol–water partition coefficient (Wildman–Crippen LogP) is 2.75. The zero-order valence-electron chi connectivity index (χ0n) is 14.8. The molecule has 6 heteroatoms. The van der Waals surface area contributed by atoms with E-state index in [1.807, 2.05) is 24.3 Å². The van der Waals surface area contributed by atoms with Crippen LogP contribution in [0, 0.1) is 5.92 Å². The topological polar surface area (TPSA) is 72.5 Å². The molecular weight excluding hydrogens is 330 g/mol. The molecular formula is C20H23N3O3. The first-order valence-electron chi connectivity index (χ1n) is 9.03. The maximum atomic E-state index is 12.5. The number of nitrogens with zero attached hydrogens (tertiary/aromatic N) is 1. The highest BCUT2D eigenvalue weighted by molar-refractivity contribution is 5.92. The Bertz CT molecular complexity index is 761. The lowest BCUT2D eigenvalue weighted by molar-refractivity contribution is 0.0909. The number of ether oxygens (including phenoxy) is 2. The van der Waals surface area contributed by atoms with Crippen molar-refractivity contribution in [2.45, 2.75) is 31.3 Å². The Balaban J connectivity index is 1.36. The molecule has 1 amide bonds. The number of pyridine rings is 1. The summed E-state index contributed by atoms with van der Waals surface area (Å²) in [4.78, 5) is 16.7. The minimum atomic E-state index is -0.114. The van der Waals surface area contributed by atoms with E-state index in [1.165, 1.54) is 0 Å². The van der Waals surface area contributed by atoms with Gasteiger partial charge in [0, 0.05) is 18.6 Å². The smallest absolute Gasteiger partial charge is 0.270 e. The first-order valence-corrected chi connectivity index (χ1v) is 9.03. The van der Waals surface area contributed by atoms with Crippen molar-refractivity contribution >= 4 is 5.91 Å². The Hall–Kier alpha value is -2.60. The predicted molar refractivity (Wildman–Crippen MR) is 97.7 cm³/mol. The molecule has 0 radical (unpaired) electrons. The number of hydrogen-bond acceptors (Lipinski definition) is 5. The molecule has 2 aromatic rings. The fourth-order valence-electron chi connectivity index (χ4n) is 3.78. The number of rotatable bonds is 5. The molecule has 1 aliphatic carbocycles. The van der Waals surface area contributed by atoms with Crippen molar-refractivity contribution in [1.29, 1.82) is 0 Å². The minimum Gasteiger partial charge on any atom is -0.497 e. The van der Waals surface area contributed by atoms with Gasteiger partial charge in [-0.05, 0) is 61.6 Å². The average Bonchev–Trinajstić information content (AvgIpc) is 3.07. The molecule has 3 unspecified atom stereocenters. The van der Waals surface area contributed by atoms with Gasteiger partial charge < -0.3 is 20.1 Å². The Labute approximate surface area is 152 Å². The molecule has 0 spiro atoms. The molecule has 1 saturated carbocycles. The molecule has 26 heavy (non-hydrogen) atoms. The zero-order chi connectivity index (χ0) is 17.9. The third-order valence-electron chi connectivity index (χ3n) is 5.23. The molecule has 4 rings (SSSR count). The fourth-order valence-corrected chi connectivity index (χ4v) is 3.78. The monoisotopic (exact) mass is 353 g/mol. The summed E-state index contributed by atoms with van der Waals surface area (Å²) in [6.07, 6.45) is 4.90. The third kappa shape index (κ3) is 3.65. The van der Waals surface area contributed by atoms with Gasteiger partial charge in [-0.25, -0.2) is 4.98 Å². The highest BCUT2D eigenvalue weighted by atomic mass is 16.5. The Kier molecular flexibility index (Phi) is 4.75. The molecule has 6 nitrogen and oxygen atoms in total. The summed E-state index contributed by atoms with van der Waals surface area (Å²) in [6.45, 7) is 0.998. The van der Waals surface area contributed by atoms with Crippen LogP contribution < -0.4 is 20.1 Å². The van der Waals surface area contributed by atoms with E-state index in [2.05, 4.69) is 15.6 Å². The van der Waals surface area contributed by atoms with E-state index in [4.69, 9.17) is 9.47 Å². The normalized spacial score (nSPS) is 24.1. The van der Waals surface area contributed by atoms with Crippen molar-refractivity contribution < 1.29 is 14.3 Å². The molecule has 3 atom stereocenters. The van der Waals surface area contributed by atoms with E-state index in [-0.39, 0.29) is 11.9 Å². The van der Waals surface area contributed by atoms with E-state index >= 15 is 0 Å². The molecule has 1 saturated heterocycles. The quantitative estimate of drug-likeness (QED) is 0.865. The fraction of sp³-hybridized carbons (Fsp3) is 0.400. The number of amides is 1. The molecule has 1 aromatic carbocycles. The lowest BCUT2D eigenvalue weighted by Crippen LogP contribution is -2.42. The van der Waals surface area contributed by atoms with Crippen LogP contribution in [0.1, 0.15) is 29.8 Å². The Morgan fingerprint density at radius 3 is 2.62 bits per heavy atom. The van der Waals surface area contributed by atoms with Gasteiger partial charge in [-0.3, -0.25) is 4.79 Å². The standard InChI is InChI=1S/C20H23N3O3/c1-25-15-3-5-16(6-4-15)26-17-7-9-19(22-12-17)20(24)23-18-8-2-14-10-13(18)11-21-14/h3-7,9,12-14,18,21H,2,8,10-11H2,1H3,(H,23,24). The van der Waals surface area contributed by atoms with Gasteiger partial charge in [0.15, 0.2) is 0 Å². The van der Waals surface area contributed by atoms with E-state index in [0.717, 1.165) is 31.6 Å². The second kappa shape index (κ2) is 7.33. The van der Waals surface area contributed by atoms with Crippen molar-refractivity contribution in [3.8, 4) is 17.2 Å². The second-order valence-electron chi connectivity index (χ2n) is 6.91. The SMILES string of the molecule is COc1ccc(Oc2ccc(C(=O)NC3CCC4CC3CN4)nc2)cc1. The summed E-state index contributed by atoms with van der Waals surface area (Å²) < 4.78 is 10.9. The van der Waals surface area contributed by atoms with Crippen LogP contribution in [0.2, 0.25) is 0 Å². The number of fused-ring (bicyclic) bond motifs is 2. The molecule has 1 aliphatic heterocycles. The van der Waals surface area contributed by atoms with Gasteiger partial charge >= 0.3 is 0 Å². The molecule has 2 heterocycles. The largest absolute Gasteiger partial charge is 0.497 e. The molecule has 2 N–H and O–H groups in total. The van der Waals surface area contributed by atoms with Gasteiger partial charge in [0.05, 0.1) is 13.3 Å². The van der Waals surface area contributed by atoms with Crippen molar-refractivity contribution in [1.82, 2.24) is 15.6 Å². The maximum Gasteiger partial charge on any atom is 0.270 e. The van der Waals surface area contributed by atoms with Crippen molar-refractivity contribution in [2.75, 3.05) is 13.7 Å². The van der Waals surface area contributed by atoms with Crippen LogP contribution in [0.15, 0.2) is 42.6 Å². The summed E-state index contributed by atoms with van der Waals surface area (Å²) in [5.41, 5.74) is 0.417. The lowest BCUT2D eigenvalue weighted by Gasteiger charge is -2.28. The van der Waals surface area contributed by atoms with Gasteiger partial charge in [-0.2, -0.15) is 0 Å². The lowest BCUT2D eigenvalue weighted by atomic mass is 9.85. The minimum absolute atomic E-state index is 0.114. The highest BCUT2D eigenvalue weighted by Gasteiger charge is 2.36. The molecule has 2 fully saturated rings. The zero-order valence-corrected chi connectivity index (χ0v) is 14.8. The van der Waals surface area contributed by atoms with Crippen molar-refractivity contribution in [3.05, 3.63) is 48.3 Å². The van der Waals surface area contributed by atoms with Gasteiger partial charge in [-0.15, -0.1) is 0 Å². The summed E-state index contributed by atoms with van der Waals surface area (Å²) in [7, 11) is 1.62. The van der Waals surface area contributed by atoms with Gasteiger partial charge in [-0.1, -0.05) is 0 Å². The van der Waals surface area contributed by atoms with Crippen LogP contribution in [0.25, 0.3) is 0 Å². The number of hydrogen-bond donors (Lipinski definition) is 2. The van der Waals surface area contributed by atoms with Crippen LogP contribution in [0.3, 0.4) is 0 Å². The molecule has 136 valence electrons. The van der Waals surface area contributed by atoms with Gasteiger partial charge in [0.2, 0.25) is 0 Å². The van der Waals surface area contributed by atoms with Gasteiger partial charge in [0.25, 0.3) is 5.91 Å². The number of methoxy groups -OCH3 is 1. The Morgan fingerprint density at radius 1 is 1.12 bits per heavy atom. The van der Waals surface area contributed by atoms with Crippen LogP contribution in [0.4, 0.5) is 0 Å². The van der Waals surface area contributed by atoms with E-state index in [9.17, 15) is 4.79 Å². The second-order valence-corrected chi connectivity index (χ2v) is 6.91. The number of aromatic nitrogens is 1. The van der Waals surface area contributed by atoms with Crippen molar-refractivity contribution in [2.24, 2.45) is 5.92 Å². The van der Waals surface area contributed by atoms with E-state index in [0.29, 0.717) is 29.2 Å². The van der Waals surface area contributed by atoms with E-state index < -0.39 is 0 Å². The highest BCUT2D eigenvalue weighted by Crippen LogP contribution is 2.29. The average molecular weight is 353 g/mol. The van der Waals surface area contributed by atoms with Crippen LogP contribution in [0.5, 0.6) is 17.2 Å². The van der Waals surface area contributed by atoms with Crippen LogP contribution in [-0.4, -0.2) is 36.6 Å². The molecule has 2 bridgehead atoms. The van der Waals surface area contributed by atoms with Crippen LogP contribution >= 0.6 is 0 Å². The number of nitrogens with one attached hydrogen (secondary N) is 2.